The summed E-state index contributed by atoms with van der Waals surface area (Å²) < 4.78 is 0. The predicted octanol–water partition coefficient (Wildman–Crippen LogP) is 8.85. The number of thioether (sulfide) groups is 2. The van der Waals surface area contributed by atoms with Gasteiger partial charge >= 0.3 is 0 Å². The van der Waals surface area contributed by atoms with Gasteiger partial charge in [-0.05, 0) is 47.4 Å². The van der Waals surface area contributed by atoms with Crippen LogP contribution in [0.25, 0.3) is 10.2 Å². The maximum absolute atomic E-state index is 13.6. The summed E-state index contributed by atoms with van der Waals surface area (Å²) in [5.41, 5.74) is 12.1. The molecule has 3 heterocycles. The normalized spacial score (nSPS) is 16.1. The second kappa shape index (κ2) is 12.2. The van der Waals surface area contributed by atoms with Crippen LogP contribution in [0.5, 0.6) is 0 Å². The number of amides is 1. The van der Waals surface area contributed by atoms with E-state index in [1.165, 1.54) is 33.3 Å². The lowest BCUT2D eigenvalue weighted by Crippen LogP contribution is -2.27. The molecule has 0 spiro atoms. The Morgan fingerprint density at radius 3 is 1.95 bits per heavy atom. The zero-order valence-electron chi connectivity index (χ0n) is 23.2. The molecule has 2 atom stereocenters. The lowest BCUT2D eigenvalue weighted by Gasteiger charge is -2.30. The van der Waals surface area contributed by atoms with Gasteiger partial charge < -0.3 is 5.73 Å². The molecular weight excluding hydrogens is 589 g/mol. The number of nitrogens with zero attached hydrogens (tertiary/aromatic N) is 3. The summed E-state index contributed by atoms with van der Waals surface area (Å²) in [4.78, 5) is 27.2. The molecule has 212 valence electrons. The molecule has 6 aromatic rings. The zero-order chi connectivity index (χ0) is 29.2. The molecule has 0 saturated carbocycles. The van der Waals surface area contributed by atoms with Gasteiger partial charge in [0.05, 0.1) is 16.4 Å². The Morgan fingerprint density at radius 1 is 0.791 bits per heavy atom. The van der Waals surface area contributed by atoms with Crippen LogP contribution < -0.4 is 10.6 Å². The number of fused-ring (bicyclic) bond motifs is 3. The number of aromatic nitrogens is 2. The standard InChI is InChI=1S/C35H28N4OS3/c36-33-30-27-21-28(23-13-5-1-6-14-23)42-31(24-15-7-2-8-16-24)32(27)43-34(30)38-35(37-33)41-22-29(40)39(25-17-9-3-10-18-25)26-19-11-4-12-20-26/h1-20,28,31H,21-22H2,(H2,36,37,38)/t28-,31-/m0/s1. The Bertz CT molecular complexity index is 1830. The van der Waals surface area contributed by atoms with E-state index in [4.69, 9.17) is 15.7 Å². The monoisotopic (exact) mass is 616 g/mol. The third-order valence-electron chi connectivity index (χ3n) is 7.49. The van der Waals surface area contributed by atoms with Gasteiger partial charge in [0.25, 0.3) is 0 Å². The van der Waals surface area contributed by atoms with Crippen molar-refractivity contribution < 1.29 is 4.79 Å². The van der Waals surface area contributed by atoms with E-state index in [-0.39, 0.29) is 16.9 Å². The van der Waals surface area contributed by atoms with Gasteiger partial charge in [0.1, 0.15) is 10.6 Å². The van der Waals surface area contributed by atoms with E-state index < -0.39 is 0 Å². The number of hydrogen-bond donors (Lipinski definition) is 1. The lowest BCUT2D eigenvalue weighted by atomic mass is 9.98. The van der Waals surface area contributed by atoms with Crippen LogP contribution in [0.1, 0.15) is 32.1 Å². The summed E-state index contributed by atoms with van der Waals surface area (Å²) in [6, 6.07) is 40.7. The number of benzene rings is 4. The molecule has 0 aliphatic carbocycles. The van der Waals surface area contributed by atoms with Crippen molar-refractivity contribution in [2.75, 3.05) is 16.4 Å². The van der Waals surface area contributed by atoms with Gasteiger partial charge in [0.2, 0.25) is 5.91 Å². The molecule has 1 aliphatic heterocycles. The Hall–Kier alpha value is -4.11. The minimum absolute atomic E-state index is 0.0543. The van der Waals surface area contributed by atoms with Gasteiger partial charge in [-0.3, -0.25) is 9.69 Å². The molecule has 1 aliphatic rings. The van der Waals surface area contributed by atoms with Crippen LogP contribution in [0, 0.1) is 0 Å². The first kappa shape index (κ1) is 27.7. The van der Waals surface area contributed by atoms with Gasteiger partial charge in [-0.15, -0.1) is 23.1 Å². The summed E-state index contributed by atoms with van der Waals surface area (Å²) in [7, 11) is 0. The van der Waals surface area contributed by atoms with E-state index in [1.54, 1.807) is 16.2 Å². The highest BCUT2D eigenvalue weighted by Crippen LogP contribution is 2.55. The number of carbonyl (C=O) groups is 1. The molecule has 8 heteroatoms. The second-order valence-corrected chi connectivity index (χ2v) is 13.5. The fraction of sp³-hybridized carbons (Fsp3) is 0.114. The SMILES string of the molecule is Nc1nc(SCC(=O)N(c2ccccc2)c2ccccc2)nc2sc3c(c12)C[C@@H](c1ccccc1)S[C@H]3c1ccccc1. The Kier molecular flexibility index (Phi) is 7.89. The second-order valence-electron chi connectivity index (χ2n) is 10.2. The van der Waals surface area contributed by atoms with E-state index >= 15 is 0 Å². The summed E-state index contributed by atoms with van der Waals surface area (Å²) in [6.07, 6.45) is 0.870. The average Bonchev–Trinajstić information content (AvgIpc) is 3.44. The number of carbonyl (C=O) groups excluding carboxylic acids is 1. The first-order chi connectivity index (χ1) is 21.2. The minimum atomic E-state index is -0.0543. The van der Waals surface area contributed by atoms with Crippen LogP contribution >= 0.6 is 34.9 Å². The minimum Gasteiger partial charge on any atom is -0.383 e. The van der Waals surface area contributed by atoms with Gasteiger partial charge in [-0.25, -0.2) is 9.97 Å². The fourth-order valence-electron chi connectivity index (χ4n) is 5.53. The molecule has 2 N–H and O–H groups in total. The number of hydrogen-bond acceptors (Lipinski definition) is 7. The fourth-order valence-corrected chi connectivity index (χ4v) is 9.30. The number of thiophene rings is 1. The molecule has 0 bridgehead atoms. The number of para-hydroxylation sites is 2. The van der Waals surface area contributed by atoms with E-state index in [0.717, 1.165) is 28.0 Å². The first-order valence-corrected chi connectivity index (χ1v) is 16.8. The van der Waals surface area contributed by atoms with Crippen LogP contribution in [-0.4, -0.2) is 21.6 Å². The van der Waals surface area contributed by atoms with E-state index in [2.05, 4.69) is 60.7 Å². The van der Waals surface area contributed by atoms with E-state index in [1.807, 2.05) is 72.4 Å². The van der Waals surface area contributed by atoms with Gasteiger partial charge in [0.15, 0.2) is 5.16 Å². The number of anilines is 3. The van der Waals surface area contributed by atoms with Crippen molar-refractivity contribution >= 4 is 68.2 Å². The smallest absolute Gasteiger partial charge is 0.242 e. The molecule has 2 aromatic heterocycles. The molecule has 0 radical (unpaired) electrons. The van der Waals surface area contributed by atoms with Crippen molar-refractivity contribution in [3.8, 4) is 0 Å². The molecule has 5 nitrogen and oxygen atoms in total. The van der Waals surface area contributed by atoms with Crippen molar-refractivity contribution in [2.45, 2.75) is 22.1 Å². The molecule has 43 heavy (non-hydrogen) atoms. The summed E-state index contributed by atoms with van der Waals surface area (Å²) >= 11 is 5.01. The largest absolute Gasteiger partial charge is 0.383 e. The first-order valence-electron chi connectivity index (χ1n) is 14.1. The van der Waals surface area contributed by atoms with Crippen LogP contribution in [0.3, 0.4) is 0 Å². The molecule has 1 amide bonds. The van der Waals surface area contributed by atoms with Crippen molar-refractivity contribution in [1.82, 2.24) is 9.97 Å². The highest BCUT2D eigenvalue weighted by Gasteiger charge is 2.34. The molecule has 0 unspecified atom stereocenters. The third kappa shape index (κ3) is 5.66. The Morgan fingerprint density at radius 2 is 1.35 bits per heavy atom. The third-order valence-corrected chi connectivity index (χ3v) is 11.2. The van der Waals surface area contributed by atoms with Gasteiger partial charge in [-0.1, -0.05) is 109 Å². The number of nitrogen functional groups attached to an aromatic ring is 1. The highest BCUT2D eigenvalue weighted by molar-refractivity contribution is 8.00. The quantitative estimate of drug-likeness (QED) is 0.143. The summed E-state index contributed by atoms with van der Waals surface area (Å²) in [5, 5.41) is 1.94. The van der Waals surface area contributed by atoms with Crippen molar-refractivity contribution in [3.05, 3.63) is 143 Å². The van der Waals surface area contributed by atoms with Crippen LogP contribution in [-0.2, 0) is 11.2 Å². The average molecular weight is 617 g/mol. The van der Waals surface area contributed by atoms with Crippen molar-refractivity contribution in [3.63, 3.8) is 0 Å². The van der Waals surface area contributed by atoms with Crippen LogP contribution in [0.15, 0.2) is 126 Å². The molecule has 4 aromatic carbocycles. The maximum atomic E-state index is 13.6. The van der Waals surface area contributed by atoms with Crippen LogP contribution in [0.4, 0.5) is 17.2 Å². The molecule has 0 saturated heterocycles. The van der Waals surface area contributed by atoms with Gasteiger partial charge in [-0.2, -0.15) is 0 Å². The molecular formula is C35H28N4OS3. The topological polar surface area (TPSA) is 72.1 Å². The van der Waals surface area contributed by atoms with Crippen LogP contribution in [0.2, 0.25) is 0 Å². The Labute approximate surface area is 263 Å². The maximum Gasteiger partial charge on any atom is 0.242 e. The highest BCUT2D eigenvalue weighted by atomic mass is 32.2. The summed E-state index contributed by atoms with van der Waals surface area (Å²) in [5.74, 6) is 0.602. The lowest BCUT2D eigenvalue weighted by molar-refractivity contribution is -0.115. The molecule has 7 rings (SSSR count). The van der Waals surface area contributed by atoms with Crippen molar-refractivity contribution in [2.24, 2.45) is 0 Å². The predicted molar refractivity (Wildman–Crippen MR) is 181 cm³/mol. The van der Waals surface area contributed by atoms with Crippen molar-refractivity contribution in [1.29, 1.82) is 0 Å². The number of rotatable bonds is 7. The zero-order valence-corrected chi connectivity index (χ0v) is 25.6. The van der Waals surface area contributed by atoms with Gasteiger partial charge in [0, 0.05) is 21.5 Å². The summed E-state index contributed by atoms with van der Waals surface area (Å²) in [6.45, 7) is 0. The van der Waals surface area contributed by atoms with E-state index in [0.29, 0.717) is 16.2 Å². The number of nitrogens with two attached hydrogens (primary N) is 1. The Balaban J connectivity index is 1.21. The molecule has 0 fully saturated rings. The van der Waals surface area contributed by atoms with E-state index in [9.17, 15) is 4.79 Å².